The average Bonchev–Trinajstić information content (AvgIpc) is 3.31. The lowest BCUT2D eigenvalue weighted by molar-refractivity contribution is 0.0690. The highest BCUT2D eigenvalue weighted by Crippen LogP contribution is 2.22. The fourth-order valence-corrected chi connectivity index (χ4v) is 2.03. The van der Waals surface area contributed by atoms with Crippen LogP contribution < -0.4 is 5.32 Å². The summed E-state index contributed by atoms with van der Waals surface area (Å²) in [5, 5.41) is 11.8. The highest BCUT2D eigenvalue weighted by atomic mass is 16.4. The molecular formula is C16H14N2O3. The first-order valence-corrected chi connectivity index (χ1v) is 6.74. The molecule has 5 nitrogen and oxygen atoms in total. The van der Waals surface area contributed by atoms with Crippen LogP contribution in [-0.4, -0.2) is 28.0 Å². The van der Waals surface area contributed by atoms with Gasteiger partial charge in [-0.3, -0.25) is 4.79 Å². The number of aromatic carboxylic acids is 1. The van der Waals surface area contributed by atoms with E-state index in [0.717, 1.165) is 24.0 Å². The quantitative estimate of drug-likeness (QED) is 0.902. The van der Waals surface area contributed by atoms with Crippen LogP contribution in [0.15, 0.2) is 42.6 Å². The van der Waals surface area contributed by atoms with Crippen molar-refractivity contribution >= 4 is 11.9 Å². The molecular weight excluding hydrogens is 268 g/mol. The summed E-state index contributed by atoms with van der Waals surface area (Å²) < 4.78 is 0. The molecule has 1 heterocycles. The molecule has 5 heteroatoms. The molecule has 0 unspecified atom stereocenters. The van der Waals surface area contributed by atoms with Crippen molar-refractivity contribution in [1.29, 1.82) is 0 Å². The molecule has 0 radical (unpaired) electrons. The van der Waals surface area contributed by atoms with Crippen LogP contribution in [0.3, 0.4) is 0 Å². The standard InChI is InChI=1S/C16H14N2O3/c19-15(18-13-5-6-13)11-3-1-2-10(8-11)12-4-7-14(16(20)21)17-9-12/h1-4,7-9,13H,5-6H2,(H,18,19)(H,20,21). The molecule has 3 rings (SSSR count). The van der Waals surface area contributed by atoms with Crippen molar-refractivity contribution in [2.75, 3.05) is 0 Å². The molecule has 2 aromatic rings. The predicted molar refractivity (Wildman–Crippen MR) is 77.1 cm³/mol. The maximum absolute atomic E-state index is 12.0. The lowest BCUT2D eigenvalue weighted by atomic mass is 10.0. The molecule has 21 heavy (non-hydrogen) atoms. The fourth-order valence-electron chi connectivity index (χ4n) is 2.03. The van der Waals surface area contributed by atoms with E-state index >= 15 is 0 Å². The van der Waals surface area contributed by atoms with Crippen molar-refractivity contribution in [3.8, 4) is 11.1 Å². The zero-order valence-electron chi connectivity index (χ0n) is 11.2. The number of rotatable bonds is 4. The predicted octanol–water partition coefficient (Wildman–Crippen LogP) is 2.34. The third-order valence-corrected chi connectivity index (χ3v) is 3.35. The molecule has 1 aromatic carbocycles. The Morgan fingerprint density at radius 3 is 2.57 bits per heavy atom. The van der Waals surface area contributed by atoms with Crippen molar-refractivity contribution in [1.82, 2.24) is 10.3 Å². The Morgan fingerprint density at radius 2 is 1.95 bits per heavy atom. The van der Waals surface area contributed by atoms with Crippen LogP contribution in [0.25, 0.3) is 11.1 Å². The molecule has 1 aromatic heterocycles. The normalized spacial score (nSPS) is 13.7. The van der Waals surface area contributed by atoms with Gasteiger partial charge in [-0.15, -0.1) is 0 Å². The summed E-state index contributed by atoms with van der Waals surface area (Å²) >= 11 is 0. The smallest absolute Gasteiger partial charge is 0.354 e. The van der Waals surface area contributed by atoms with Gasteiger partial charge in [0.25, 0.3) is 5.91 Å². The summed E-state index contributed by atoms with van der Waals surface area (Å²) in [6, 6.07) is 10.7. The van der Waals surface area contributed by atoms with Gasteiger partial charge in [0.15, 0.2) is 0 Å². The number of carboxylic acid groups (broad SMARTS) is 1. The monoisotopic (exact) mass is 282 g/mol. The minimum atomic E-state index is -1.06. The number of hydrogen-bond acceptors (Lipinski definition) is 3. The van der Waals surface area contributed by atoms with Crippen molar-refractivity contribution in [2.24, 2.45) is 0 Å². The van der Waals surface area contributed by atoms with E-state index in [4.69, 9.17) is 5.11 Å². The lowest BCUT2D eigenvalue weighted by Crippen LogP contribution is -2.25. The Morgan fingerprint density at radius 1 is 1.14 bits per heavy atom. The molecule has 0 spiro atoms. The molecule has 0 atom stereocenters. The van der Waals surface area contributed by atoms with Gasteiger partial charge >= 0.3 is 5.97 Å². The second-order valence-electron chi connectivity index (χ2n) is 5.07. The van der Waals surface area contributed by atoms with E-state index in [1.807, 2.05) is 12.1 Å². The van der Waals surface area contributed by atoms with Gasteiger partial charge in [0.05, 0.1) is 0 Å². The summed E-state index contributed by atoms with van der Waals surface area (Å²) in [5.41, 5.74) is 2.21. The molecule has 1 aliphatic carbocycles. The first-order valence-electron chi connectivity index (χ1n) is 6.74. The van der Waals surface area contributed by atoms with E-state index in [-0.39, 0.29) is 11.6 Å². The summed E-state index contributed by atoms with van der Waals surface area (Å²) in [5.74, 6) is -1.13. The van der Waals surface area contributed by atoms with Gasteiger partial charge in [0.1, 0.15) is 5.69 Å². The van der Waals surface area contributed by atoms with Gasteiger partial charge in [-0.1, -0.05) is 18.2 Å². The number of aromatic nitrogens is 1. The van der Waals surface area contributed by atoms with Crippen LogP contribution >= 0.6 is 0 Å². The van der Waals surface area contributed by atoms with Gasteiger partial charge in [0.2, 0.25) is 0 Å². The van der Waals surface area contributed by atoms with E-state index in [0.29, 0.717) is 11.6 Å². The summed E-state index contributed by atoms with van der Waals surface area (Å²) in [7, 11) is 0. The fraction of sp³-hybridized carbons (Fsp3) is 0.188. The van der Waals surface area contributed by atoms with Crippen molar-refractivity contribution < 1.29 is 14.7 Å². The van der Waals surface area contributed by atoms with Crippen LogP contribution in [0.5, 0.6) is 0 Å². The SMILES string of the molecule is O=C(NC1CC1)c1cccc(-c2ccc(C(=O)O)nc2)c1. The van der Waals surface area contributed by atoms with Crippen molar-refractivity contribution in [2.45, 2.75) is 18.9 Å². The molecule has 1 aliphatic rings. The Kier molecular flexibility index (Phi) is 3.39. The second-order valence-corrected chi connectivity index (χ2v) is 5.07. The van der Waals surface area contributed by atoms with Crippen LogP contribution in [0, 0.1) is 0 Å². The van der Waals surface area contributed by atoms with Gasteiger partial charge in [-0.05, 0) is 36.6 Å². The molecule has 0 bridgehead atoms. The van der Waals surface area contributed by atoms with Gasteiger partial charge in [0, 0.05) is 23.4 Å². The zero-order chi connectivity index (χ0) is 14.8. The number of pyridine rings is 1. The number of hydrogen-bond donors (Lipinski definition) is 2. The van der Waals surface area contributed by atoms with Gasteiger partial charge in [-0.2, -0.15) is 0 Å². The highest BCUT2D eigenvalue weighted by molar-refractivity contribution is 5.95. The topological polar surface area (TPSA) is 79.3 Å². The molecule has 106 valence electrons. The molecule has 1 saturated carbocycles. The van der Waals surface area contributed by atoms with Crippen LogP contribution in [0.2, 0.25) is 0 Å². The average molecular weight is 282 g/mol. The number of amides is 1. The van der Waals surface area contributed by atoms with Crippen LogP contribution in [0.1, 0.15) is 33.7 Å². The first-order chi connectivity index (χ1) is 10.1. The van der Waals surface area contributed by atoms with Crippen molar-refractivity contribution in [3.63, 3.8) is 0 Å². The maximum Gasteiger partial charge on any atom is 0.354 e. The molecule has 1 fully saturated rings. The van der Waals surface area contributed by atoms with E-state index in [1.165, 1.54) is 12.3 Å². The molecule has 0 aliphatic heterocycles. The highest BCUT2D eigenvalue weighted by Gasteiger charge is 2.23. The van der Waals surface area contributed by atoms with Crippen LogP contribution in [0.4, 0.5) is 0 Å². The Hall–Kier alpha value is -2.69. The lowest BCUT2D eigenvalue weighted by Gasteiger charge is -2.06. The van der Waals surface area contributed by atoms with Gasteiger partial charge < -0.3 is 10.4 Å². The first kappa shape index (κ1) is 13.3. The minimum absolute atomic E-state index is 0.00128. The Labute approximate surface area is 121 Å². The number of carbonyl (C=O) groups excluding carboxylic acids is 1. The zero-order valence-corrected chi connectivity index (χ0v) is 11.2. The van der Waals surface area contributed by atoms with E-state index < -0.39 is 5.97 Å². The van der Waals surface area contributed by atoms with Crippen molar-refractivity contribution in [3.05, 3.63) is 53.9 Å². The number of benzene rings is 1. The van der Waals surface area contributed by atoms with Gasteiger partial charge in [-0.25, -0.2) is 9.78 Å². The number of nitrogens with zero attached hydrogens (tertiary/aromatic N) is 1. The second kappa shape index (κ2) is 5.36. The summed E-state index contributed by atoms with van der Waals surface area (Å²) in [6.07, 6.45) is 3.60. The third-order valence-electron chi connectivity index (χ3n) is 3.35. The number of carboxylic acids is 1. The molecule has 1 amide bonds. The third kappa shape index (κ3) is 3.08. The van der Waals surface area contributed by atoms with E-state index in [9.17, 15) is 9.59 Å². The Balaban J connectivity index is 1.84. The summed E-state index contributed by atoms with van der Waals surface area (Å²) in [4.78, 5) is 26.7. The van der Waals surface area contributed by atoms with E-state index in [1.54, 1.807) is 18.2 Å². The largest absolute Gasteiger partial charge is 0.477 e. The summed E-state index contributed by atoms with van der Waals surface area (Å²) in [6.45, 7) is 0. The maximum atomic E-state index is 12.0. The molecule has 0 saturated heterocycles. The Bertz CT molecular complexity index is 691. The number of carbonyl (C=O) groups is 2. The molecule has 2 N–H and O–H groups in total. The number of nitrogens with one attached hydrogen (secondary N) is 1. The van der Waals surface area contributed by atoms with E-state index in [2.05, 4.69) is 10.3 Å². The minimum Gasteiger partial charge on any atom is -0.477 e. The van der Waals surface area contributed by atoms with Crippen LogP contribution in [-0.2, 0) is 0 Å².